The highest BCUT2D eigenvalue weighted by Gasteiger charge is 2.23. The van der Waals surface area contributed by atoms with E-state index in [-0.39, 0.29) is 11.8 Å². The highest BCUT2D eigenvalue weighted by Crippen LogP contribution is 2.14. The molecule has 2 aromatic rings. The number of rotatable bonds is 6. The van der Waals surface area contributed by atoms with Gasteiger partial charge in [0.05, 0.1) is 26.2 Å². The molecule has 1 atom stereocenters. The van der Waals surface area contributed by atoms with Crippen molar-refractivity contribution in [3.8, 4) is 5.75 Å². The average molecular weight is 355 g/mol. The Morgan fingerprint density at radius 1 is 1.31 bits per heavy atom. The van der Waals surface area contributed by atoms with Crippen molar-refractivity contribution >= 4 is 5.91 Å². The molecule has 1 saturated heterocycles. The lowest BCUT2D eigenvalue weighted by Gasteiger charge is -2.23. The minimum absolute atomic E-state index is 0.107. The van der Waals surface area contributed by atoms with Crippen molar-refractivity contribution in [3.05, 3.63) is 54.1 Å². The quantitative estimate of drug-likeness (QED) is 0.795. The molecule has 0 radical (unpaired) electrons. The lowest BCUT2D eigenvalue weighted by atomic mass is 10.0. The molecular weight excluding hydrogens is 330 g/mol. The second-order valence-electron chi connectivity index (χ2n) is 6.55. The van der Waals surface area contributed by atoms with E-state index in [4.69, 9.17) is 9.47 Å². The number of nitrogens with zero attached hydrogens (tertiary/aromatic N) is 3. The Kier molecular flexibility index (Phi) is 6.55. The Bertz CT molecular complexity index is 708. The number of carbonyl (C=O) groups excluding carboxylic acids is 1. The first-order valence-electron chi connectivity index (χ1n) is 9.01. The van der Waals surface area contributed by atoms with E-state index >= 15 is 0 Å². The summed E-state index contributed by atoms with van der Waals surface area (Å²) in [7, 11) is 0. The predicted octanol–water partition coefficient (Wildman–Crippen LogP) is 2.27. The number of hydrogen-bond acceptors (Lipinski definition) is 5. The van der Waals surface area contributed by atoms with E-state index < -0.39 is 0 Å². The highest BCUT2D eigenvalue weighted by atomic mass is 16.5. The van der Waals surface area contributed by atoms with Crippen molar-refractivity contribution in [1.82, 2.24) is 14.9 Å². The fourth-order valence-corrected chi connectivity index (χ4v) is 3.08. The van der Waals surface area contributed by atoms with E-state index in [9.17, 15) is 4.79 Å². The molecule has 2 heterocycles. The third-order valence-electron chi connectivity index (χ3n) is 4.38. The standard InChI is InChI=1S/C20H25N3O3/c1-16-11-18(22-15-21-16)12-17-13-23(8-10-25-14-17)20(24)7-9-26-19-5-3-2-4-6-19/h2-6,11,15,17H,7-10,12-14H2,1H3. The summed E-state index contributed by atoms with van der Waals surface area (Å²) >= 11 is 0. The van der Waals surface area contributed by atoms with Crippen molar-refractivity contribution in [2.24, 2.45) is 5.92 Å². The maximum Gasteiger partial charge on any atom is 0.226 e. The van der Waals surface area contributed by atoms with Crippen LogP contribution in [0.1, 0.15) is 17.8 Å². The molecule has 0 saturated carbocycles. The van der Waals surface area contributed by atoms with Crippen molar-refractivity contribution in [1.29, 1.82) is 0 Å². The summed E-state index contributed by atoms with van der Waals surface area (Å²) in [5, 5.41) is 0. The molecule has 0 N–H and O–H groups in total. The molecule has 0 spiro atoms. The third-order valence-corrected chi connectivity index (χ3v) is 4.38. The van der Waals surface area contributed by atoms with Crippen LogP contribution in [0.15, 0.2) is 42.7 Å². The maximum absolute atomic E-state index is 12.6. The van der Waals surface area contributed by atoms with Crippen molar-refractivity contribution in [3.63, 3.8) is 0 Å². The summed E-state index contributed by atoms with van der Waals surface area (Å²) in [5.41, 5.74) is 1.95. The van der Waals surface area contributed by atoms with Gasteiger partial charge in [-0.1, -0.05) is 18.2 Å². The smallest absolute Gasteiger partial charge is 0.226 e. The zero-order valence-electron chi connectivity index (χ0n) is 15.1. The molecule has 6 heteroatoms. The fourth-order valence-electron chi connectivity index (χ4n) is 3.08. The first-order valence-corrected chi connectivity index (χ1v) is 9.01. The minimum Gasteiger partial charge on any atom is -0.493 e. The lowest BCUT2D eigenvalue weighted by molar-refractivity contribution is -0.132. The number of aromatic nitrogens is 2. The summed E-state index contributed by atoms with van der Waals surface area (Å²) in [5.74, 6) is 1.14. The Balaban J connectivity index is 1.50. The van der Waals surface area contributed by atoms with E-state index in [1.165, 1.54) is 0 Å². The number of aryl methyl sites for hydroxylation is 1. The second-order valence-corrected chi connectivity index (χ2v) is 6.55. The number of benzene rings is 1. The fraction of sp³-hybridized carbons (Fsp3) is 0.450. The van der Waals surface area contributed by atoms with Gasteiger partial charge in [-0.15, -0.1) is 0 Å². The molecular formula is C20H25N3O3. The lowest BCUT2D eigenvalue weighted by Crippen LogP contribution is -2.37. The number of carbonyl (C=O) groups is 1. The van der Waals surface area contributed by atoms with Gasteiger partial charge in [0, 0.05) is 30.4 Å². The van der Waals surface area contributed by atoms with Gasteiger partial charge in [-0.2, -0.15) is 0 Å². The summed E-state index contributed by atoms with van der Waals surface area (Å²) in [6, 6.07) is 11.6. The van der Waals surface area contributed by atoms with E-state index in [0.29, 0.717) is 39.3 Å². The molecule has 0 bridgehead atoms. The minimum atomic E-state index is 0.107. The summed E-state index contributed by atoms with van der Waals surface area (Å²) in [6.07, 6.45) is 2.74. The van der Waals surface area contributed by atoms with Crippen molar-refractivity contribution in [2.45, 2.75) is 19.8 Å². The molecule has 1 aromatic carbocycles. The zero-order valence-corrected chi connectivity index (χ0v) is 15.1. The van der Waals surface area contributed by atoms with Crippen LogP contribution in [-0.4, -0.2) is 53.7 Å². The molecule has 138 valence electrons. The van der Waals surface area contributed by atoms with Crippen LogP contribution in [0.25, 0.3) is 0 Å². The number of ether oxygens (including phenoxy) is 2. The number of amides is 1. The van der Waals surface area contributed by atoms with Crippen molar-refractivity contribution in [2.75, 3.05) is 32.9 Å². The van der Waals surface area contributed by atoms with E-state index in [1.807, 2.05) is 48.2 Å². The van der Waals surface area contributed by atoms with Crippen LogP contribution in [0.4, 0.5) is 0 Å². The van der Waals surface area contributed by atoms with E-state index in [2.05, 4.69) is 9.97 Å². The number of para-hydroxylation sites is 1. The molecule has 1 aromatic heterocycles. The van der Waals surface area contributed by atoms with Gasteiger partial charge in [0.25, 0.3) is 0 Å². The molecule has 1 unspecified atom stereocenters. The van der Waals surface area contributed by atoms with Gasteiger partial charge in [-0.25, -0.2) is 9.97 Å². The predicted molar refractivity (Wildman–Crippen MR) is 97.9 cm³/mol. The van der Waals surface area contributed by atoms with Gasteiger partial charge in [0.1, 0.15) is 12.1 Å². The Labute approximate surface area is 154 Å². The van der Waals surface area contributed by atoms with Crippen LogP contribution < -0.4 is 4.74 Å². The van der Waals surface area contributed by atoms with Gasteiger partial charge >= 0.3 is 0 Å². The highest BCUT2D eigenvalue weighted by molar-refractivity contribution is 5.76. The summed E-state index contributed by atoms with van der Waals surface area (Å²) < 4.78 is 11.3. The molecule has 1 fully saturated rings. The Hall–Kier alpha value is -2.47. The molecule has 3 rings (SSSR count). The van der Waals surface area contributed by atoms with Gasteiger partial charge in [-0.3, -0.25) is 4.79 Å². The summed E-state index contributed by atoms with van der Waals surface area (Å²) in [4.78, 5) is 22.9. The SMILES string of the molecule is Cc1cc(CC2COCCN(C(=O)CCOc3ccccc3)C2)ncn1. The van der Waals surface area contributed by atoms with E-state index in [1.54, 1.807) is 6.33 Å². The maximum atomic E-state index is 12.6. The van der Waals surface area contributed by atoms with Crippen LogP contribution in [0, 0.1) is 12.8 Å². The monoisotopic (exact) mass is 355 g/mol. The molecule has 6 nitrogen and oxygen atoms in total. The van der Waals surface area contributed by atoms with Crippen LogP contribution >= 0.6 is 0 Å². The third kappa shape index (κ3) is 5.52. The topological polar surface area (TPSA) is 64.5 Å². The summed E-state index contributed by atoms with van der Waals surface area (Å²) in [6.45, 7) is 4.88. The van der Waals surface area contributed by atoms with Gasteiger partial charge in [0.2, 0.25) is 5.91 Å². The van der Waals surface area contributed by atoms with Crippen LogP contribution in [-0.2, 0) is 16.0 Å². The van der Waals surface area contributed by atoms with Crippen LogP contribution in [0.3, 0.4) is 0 Å². The van der Waals surface area contributed by atoms with Crippen LogP contribution in [0.2, 0.25) is 0 Å². The second kappa shape index (κ2) is 9.29. The molecule has 26 heavy (non-hydrogen) atoms. The molecule has 1 amide bonds. The first kappa shape index (κ1) is 18.3. The normalized spacial score (nSPS) is 17.6. The largest absolute Gasteiger partial charge is 0.493 e. The zero-order chi connectivity index (χ0) is 18.2. The Morgan fingerprint density at radius 2 is 2.15 bits per heavy atom. The average Bonchev–Trinajstić information content (AvgIpc) is 2.88. The van der Waals surface area contributed by atoms with Crippen LogP contribution in [0.5, 0.6) is 5.75 Å². The van der Waals surface area contributed by atoms with E-state index in [0.717, 1.165) is 23.6 Å². The Morgan fingerprint density at radius 3 is 2.96 bits per heavy atom. The number of hydrogen-bond donors (Lipinski definition) is 0. The van der Waals surface area contributed by atoms with Gasteiger partial charge in [-0.05, 0) is 31.5 Å². The van der Waals surface area contributed by atoms with Gasteiger partial charge in [0.15, 0.2) is 0 Å². The molecule has 1 aliphatic rings. The first-order chi connectivity index (χ1) is 12.7. The van der Waals surface area contributed by atoms with Gasteiger partial charge < -0.3 is 14.4 Å². The molecule has 0 aliphatic carbocycles. The molecule has 1 aliphatic heterocycles. The van der Waals surface area contributed by atoms with Crippen molar-refractivity contribution < 1.29 is 14.3 Å².